The summed E-state index contributed by atoms with van der Waals surface area (Å²) in [7, 11) is 0. The Labute approximate surface area is 83.6 Å². The Hall–Kier alpha value is -1.30. The maximum atomic E-state index is 13.0. The van der Waals surface area contributed by atoms with Crippen LogP contribution < -0.4 is 10.5 Å². The fourth-order valence-electron chi connectivity index (χ4n) is 0.963. The molecule has 0 saturated carbocycles. The highest BCUT2D eigenvalue weighted by Gasteiger charge is 2.31. The number of hydrogen-bond acceptors (Lipinski definition) is 2. The first-order valence-corrected chi connectivity index (χ1v) is 4.15. The van der Waals surface area contributed by atoms with Gasteiger partial charge < -0.3 is 10.5 Å². The standard InChI is InChI=1S/C9H9F4NO/c10-7-5-6(9(11,12)13)1-2-8(7)15-4-3-14/h1-2,5H,3-4,14H2. The van der Waals surface area contributed by atoms with Gasteiger partial charge in [-0.1, -0.05) is 0 Å². The number of benzene rings is 1. The summed E-state index contributed by atoms with van der Waals surface area (Å²) in [4.78, 5) is 0. The Morgan fingerprint density at radius 1 is 1.27 bits per heavy atom. The molecule has 0 amide bonds. The fourth-order valence-corrected chi connectivity index (χ4v) is 0.963. The minimum Gasteiger partial charge on any atom is -0.489 e. The molecule has 1 rings (SSSR count). The van der Waals surface area contributed by atoms with Gasteiger partial charge in [0.15, 0.2) is 11.6 Å². The number of hydrogen-bond donors (Lipinski definition) is 1. The Morgan fingerprint density at radius 2 is 1.93 bits per heavy atom. The monoisotopic (exact) mass is 223 g/mol. The van der Waals surface area contributed by atoms with Crippen molar-refractivity contribution in [3.63, 3.8) is 0 Å². The molecule has 0 aromatic heterocycles. The van der Waals surface area contributed by atoms with Gasteiger partial charge in [-0.2, -0.15) is 13.2 Å². The first-order chi connectivity index (χ1) is 6.95. The molecule has 0 bridgehead atoms. The molecule has 1 aromatic carbocycles. The largest absolute Gasteiger partial charge is 0.489 e. The van der Waals surface area contributed by atoms with E-state index < -0.39 is 17.6 Å². The zero-order chi connectivity index (χ0) is 11.5. The number of halogens is 4. The molecule has 15 heavy (non-hydrogen) atoms. The van der Waals surface area contributed by atoms with Crippen molar-refractivity contribution in [3.05, 3.63) is 29.6 Å². The lowest BCUT2D eigenvalue weighted by molar-refractivity contribution is -0.137. The van der Waals surface area contributed by atoms with Gasteiger partial charge >= 0.3 is 6.18 Å². The average molecular weight is 223 g/mol. The number of nitrogens with two attached hydrogens (primary N) is 1. The molecule has 0 fully saturated rings. The van der Waals surface area contributed by atoms with Crippen molar-refractivity contribution in [1.82, 2.24) is 0 Å². The second kappa shape index (κ2) is 4.48. The summed E-state index contributed by atoms with van der Waals surface area (Å²) in [6, 6.07) is 2.09. The van der Waals surface area contributed by atoms with E-state index in [1.54, 1.807) is 0 Å². The van der Waals surface area contributed by atoms with Crippen molar-refractivity contribution in [2.75, 3.05) is 13.2 Å². The maximum Gasteiger partial charge on any atom is 0.416 e. The van der Waals surface area contributed by atoms with Gasteiger partial charge in [0.25, 0.3) is 0 Å². The third kappa shape index (κ3) is 3.09. The summed E-state index contributed by atoms with van der Waals surface area (Å²) >= 11 is 0. The molecule has 2 nitrogen and oxygen atoms in total. The molecule has 0 spiro atoms. The summed E-state index contributed by atoms with van der Waals surface area (Å²) in [5.74, 6) is -1.27. The lowest BCUT2D eigenvalue weighted by atomic mass is 10.2. The quantitative estimate of drug-likeness (QED) is 0.797. The van der Waals surface area contributed by atoms with Crippen molar-refractivity contribution >= 4 is 0 Å². The first-order valence-electron chi connectivity index (χ1n) is 4.15. The van der Waals surface area contributed by atoms with Gasteiger partial charge in [0.05, 0.1) is 5.56 Å². The van der Waals surface area contributed by atoms with Crippen LogP contribution in [0.4, 0.5) is 17.6 Å². The zero-order valence-corrected chi connectivity index (χ0v) is 7.64. The van der Waals surface area contributed by atoms with Crippen LogP contribution in [-0.4, -0.2) is 13.2 Å². The van der Waals surface area contributed by atoms with Gasteiger partial charge in [-0.15, -0.1) is 0 Å². The first kappa shape index (κ1) is 11.8. The van der Waals surface area contributed by atoms with Crippen LogP contribution in [0.3, 0.4) is 0 Å². The van der Waals surface area contributed by atoms with E-state index in [4.69, 9.17) is 10.5 Å². The normalized spacial score (nSPS) is 11.5. The second-order valence-electron chi connectivity index (χ2n) is 2.78. The molecule has 0 radical (unpaired) electrons. The lowest BCUT2D eigenvalue weighted by Gasteiger charge is -2.09. The molecule has 0 atom stereocenters. The van der Waals surface area contributed by atoms with Crippen LogP contribution in [0.15, 0.2) is 18.2 Å². The van der Waals surface area contributed by atoms with Crippen LogP contribution in [0.1, 0.15) is 5.56 Å². The van der Waals surface area contributed by atoms with Crippen molar-refractivity contribution in [1.29, 1.82) is 0 Å². The summed E-state index contributed by atoms with van der Waals surface area (Å²) in [5.41, 5.74) is 4.06. The van der Waals surface area contributed by atoms with E-state index in [1.165, 1.54) is 0 Å². The highest BCUT2D eigenvalue weighted by molar-refractivity contribution is 5.30. The van der Waals surface area contributed by atoms with E-state index in [9.17, 15) is 17.6 Å². The molecule has 6 heteroatoms. The van der Waals surface area contributed by atoms with Gasteiger partial charge in [0, 0.05) is 6.54 Å². The Kier molecular flexibility index (Phi) is 3.52. The maximum absolute atomic E-state index is 13.0. The van der Waals surface area contributed by atoms with Crippen LogP contribution in [0.2, 0.25) is 0 Å². The van der Waals surface area contributed by atoms with Crippen LogP contribution in [0.25, 0.3) is 0 Å². The van der Waals surface area contributed by atoms with E-state index in [0.29, 0.717) is 6.07 Å². The average Bonchev–Trinajstić information content (AvgIpc) is 2.14. The summed E-state index contributed by atoms with van der Waals surface area (Å²) in [6.07, 6.45) is -4.55. The van der Waals surface area contributed by atoms with Gasteiger partial charge in [0.1, 0.15) is 6.61 Å². The molecule has 0 aliphatic heterocycles. The third-order valence-corrected chi connectivity index (χ3v) is 1.63. The smallest absolute Gasteiger partial charge is 0.416 e. The number of alkyl halides is 3. The highest BCUT2D eigenvalue weighted by atomic mass is 19.4. The van der Waals surface area contributed by atoms with Gasteiger partial charge in [-0.05, 0) is 18.2 Å². The zero-order valence-electron chi connectivity index (χ0n) is 7.64. The molecule has 84 valence electrons. The summed E-state index contributed by atoms with van der Waals surface area (Å²) in [5, 5.41) is 0. The molecule has 0 aliphatic carbocycles. The summed E-state index contributed by atoms with van der Waals surface area (Å²) in [6.45, 7) is 0.225. The van der Waals surface area contributed by atoms with Gasteiger partial charge in [-0.25, -0.2) is 4.39 Å². The molecule has 0 unspecified atom stereocenters. The molecular weight excluding hydrogens is 214 g/mol. The van der Waals surface area contributed by atoms with E-state index in [1.807, 2.05) is 0 Å². The van der Waals surface area contributed by atoms with E-state index in [-0.39, 0.29) is 18.9 Å². The van der Waals surface area contributed by atoms with E-state index in [0.717, 1.165) is 12.1 Å². The van der Waals surface area contributed by atoms with E-state index >= 15 is 0 Å². The topological polar surface area (TPSA) is 35.2 Å². The Balaban J connectivity index is 2.88. The molecule has 0 aliphatic rings. The van der Waals surface area contributed by atoms with Crippen molar-refractivity contribution in [3.8, 4) is 5.75 Å². The van der Waals surface area contributed by atoms with E-state index in [2.05, 4.69) is 0 Å². The molecular formula is C9H9F4NO. The number of ether oxygens (including phenoxy) is 1. The van der Waals surface area contributed by atoms with Crippen LogP contribution in [0.5, 0.6) is 5.75 Å². The molecule has 1 aromatic rings. The predicted molar refractivity (Wildman–Crippen MR) is 46.0 cm³/mol. The number of rotatable bonds is 3. The lowest BCUT2D eigenvalue weighted by Crippen LogP contribution is -2.12. The molecule has 0 saturated heterocycles. The highest BCUT2D eigenvalue weighted by Crippen LogP contribution is 2.31. The van der Waals surface area contributed by atoms with Gasteiger partial charge in [-0.3, -0.25) is 0 Å². The Bertz CT molecular complexity index is 337. The molecule has 2 N–H and O–H groups in total. The minimum atomic E-state index is -4.55. The van der Waals surface area contributed by atoms with Crippen molar-refractivity contribution < 1.29 is 22.3 Å². The SMILES string of the molecule is NCCOc1ccc(C(F)(F)F)cc1F. The fraction of sp³-hybridized carbons (Fsp3) is 0.333. The van der Waals surface area contributed by atoms with Crippen LogP contribution >= 0.6 is 0 Å². The van der Waals surface area contributed by atoms with Crippen LogP contribution in [-0.2, 0) is 6.18 Å². The van der Waals surface area contributed by atoms with Gasteiger partial charge in [0.2, 0.25) is 0 Å². The second-order valence-corrected chi connectivity index (χ2v) is 2.78. The molecule has 0 heterocycles. The third-order valence-electron chi connectivity index (χ3n) is 1.63. The summed E-state index contributed by atoms with van der Waals surface area (Å²) < 4.78 is 54.2. The Morgan fingerprint density at radius 3 is 2.40 bits per heavy atom. The van der Waals surface area contributed by atoms with Crippen molar-refractivity contribution in [2.45, 2.75) is 6.18 Å². The van der Waals surface area contributed by atoms with Crippen LogP contribution in [0, 0.1) is 5.82 Å². The minimum absolute atomic E-state index is 0.0578. The predicted octanol–water partition coefficient (Wildman–Crippen LogP) is 2.18. The van der Waals surface area contributed by atoms with Crippen molar-refractivity contribution in [2.24, 2.45) is 5.73 Å².